The number of aliphatic hydroxyl groups excluding tert-OH is 1. The van der Waals surface area contributed by atoms with Gasteiger partial charge in [-0.1, -0.05) is 68.4 Å². The van der Waals surface area contributed by atoms with Gasteiger partial charge in [-0.15, -0.1) is 0 Å². The molecule has 0 saturated carbocycles. The van der Waals surface area contributed by atoms with Gasteiger partial charge in [0.2, 0.25) is 5.91 Å². The van der Waals surface area contributed by atoms with Gasteiger partial charge in [0.15, 0.2) is 0 Å². The highest BCUT2D eigenvalue weighted by Gasteiger charge is 2.07. The van der Waals surface area contributed by atoms with E-state index in [1.807, 2.05) is 12.2 Å². The number of carbonyl (C=O) groups is 1. The molecule has 0 radical (unpaired) electrons. The quantitative estimate of drug-likeness (QED) is 0.363. The van der Waals surface area contributed by atoms with Crippen LogP contribution < -0.4 is 5.73 Å². The van der Waals surface area contributed by atoms with E-state index in [0.29, 0.717) is 12.8 Å². The number of hydrogen-bond donors (Lipinski definition) is 2. The fraction of sp³-hybridized carbons (Fsp3) is 0.550. The van der Waals surface area contributed by atoms with E-state index in [4.69, 9.17) is 5.73 Å². The molecule has 1 unspecified atom stereocenters. The van der Waals surface area contributed by atoms with Crippen molar-refractivity contribution in [2.75, 3.05) is 0 Å². The number of aliphatic hydroxyl groups is 1. The summed E-state index contributed by atoms with van der Waals surface area (Å²) in [4.78, 5) is 10.6. The minimum Gasteiger partial charge on any atom is -0.383 e. The van der Waals surface area contributed by atoms with Crippen molar-refractivity contribution < 1.29 is 9.90 Å². The topological polar surface area (TPSA) is 63.3 Å². The Morgan fingerprint density at radius 2 is 1.35 bits per heavy atom. The van der Waals surface area contributed by atoms with E-state index in [1.54, 1.807) is 0 Å². The first kappa shape index (κ1) is 21.4. The average Bonchev–Trinajstić information content (AvgIpc) is 2.54. The summed E-state index contributed by atoms with van der Waals surface area (Å²) in [7, 11) is 0. The molecule has 3 heteroatoms. The maximum atomic E-state index is 10.6. The highest BCUT2D eigenvalue weighted by atomic mass is 16.3. The van der Waals surface area contributed by atoms with Gasteiger partial charge in [0, 0.05) is 0 Å². The van der Waals surface area contributed by atoms with E-state index in [9.17, 15) is 9.90 Å². The van der Waals surface area contributed by atoms with Crippen LogP contribution in [0.15, 0.2) is 48.6 Å². The summed E-state index contributed by atoms with van der Waals surface area (Å²) in [6.45, 7) is 2.23. The lowest BCUT2D eigenvalue weighted by atomic mass is 10.1. The molecule has 23 heavy (non-hydrogen) atoms. The highest BCUT2D eigenvalue weighted by molar-refractivity contribution is 5.78. The third kappa shape index (κ3) is 16.6. The molecule has 3 nitrogen and oxygen atoms in total. The third-order valence-electron chi connectivity index (χ3n) is 3.39. The van der Waals surface area contributed by atoms with Crippen LogP contribution in [0.3, 0.4) is 0 Å². The number of hydrogen-bond acceptors (Lipinski definition) is 2. The SMILES string of the molecule is CCCCCC=CCC=CCC=CCC=CCCC(O)C(N)=O. The second-order valence-electron chi connectivity index (χ2n) is 5.58. The number of unbranched alkanes of at least 4 members (excludes halogenated alkanes) is 3. The summed E-state index contributed by atoms with van der Waals surface area (Å²) in [6, 6.07) is 0. The van der Waals surface area contributed by atoms with E-state index in [2.05, 4.69) is 43.4 Å². The van der Waals surface area contributed by atoms with Crippen molar-refractivity contribution in [3.63, 3.8) is 0 Å². The van der Waals surface area contributed by atoms with Crippen molar-refractivity contribution in [3.8, 4) is 0 Å². The Balaban J connectivity index is 3.49. The Hall–Kier alpha value is -1.61. The van der Waals surface area contributed by atoms with Gasteiger partial charge in [-0.3, -0.25) is 4.79 Å². The van der Waals surface area contributed by atoms with Crippen LogP contribution in [-0.2, 0) is 4.79 Å². The molecule has 0 heterocycles. The van der Waals surface area contributed by atoms with Crippen LogP contribution in [0.1, 0.15) is 64.7 Å². The Labute approximate surface area is 141 Å². The van der Waals surface area contributed by atoms with Crippen molar-refractivity contribution in [1.29, 1.82) is 0 Å². The van der Waals surface area contributed by atoms with Gasteiger partial charge in [-0.25, -0.2) is 0 Å². The molecule has 0 aromatic carbocycles. The number of primary amides is 1. The van der Waals surface area contributed by atoms with Crippen molar-refractivity contribution in [1.82, 2.24) is 0 Å². The van der Waals surface area contributed by atoms with Gasteiger partial charge in [0.25, 0.3) is 0 Å². The average molecular weight is 319 g/mol. The molecule has 0 spiro atoms. The molecule has 0 rings (SSSR count). The van der Waals surface area contributed by atoms with Crippen LogP contribution in [0.4, 0.5) is 0 Å². The fourth-order valence-corrected chi connectivity index (χ4v) is 1.96. The summed E-state index contributed by atoms with van der Waals surface area (Å²) >= 11 is 0. The molecule has 0 aliphatic rings. The van der Waals surface area contributed by atoms with Crippen LogP contribution in [0.2, 0.25) is 0 Å². The zero-order valence-electron chi connectivity index (χ0n) is 14.5. The Morgan fingerprint density at radius 3 is 1.83 bits per heavy atom. The minimum absolute atomic E-state index is 0.393. The van der Waals surface area contributed by atoms with Crippen molar-refractivity contribution >= 4 is 5.91 Å². The smallest absolute Gasteiger partial charge is 0.246 e. The minimum atomic E-state index is -1.03. The number of carbonyl (C=O) groups excluding carboxylic acids is 1. The van der Waals surface area contributed by atoms with Crippen LogP contribution in [0.25, 0.3) is 0 Å². The normalized spacial score (nSPS) is 13.8. The van der Waals surface area contributed by atoms with Crippen molar-refractivity contribution in [2.24, 2.45) is 5.73 Å². The second-order valence-corrected chi connectivity index (χ2v) is 5.58. The maximum absolute atomic E-state index is 10.6. The molecule has 130 valence electrons. The first-order valence-corrected chi connectivity index (χ1v) is 8.75. The molecule has 0 aromatic rings. The van der Waals surface area contributed by atoms with E-state index in [0.717, 1.165) is 19.3 Å². The summed E-state index contributed by atoms with van der Waals surface area (Å²) in [5.74, 6) is -0.652. The van der Waals surface area contributed by atoms with Gasteiger partial charge >= 0.3 is 0 Å². The summed E-state index contributed by atoms with van der Waals surface area (Å²) in [5, 5.41) is 9.21. The number of rotatable bonds is 14. The predicted octanol–water partition coefficient (Wildman–Crippen LogP) is 4.59. The molecule has 1 atom stereocenters. The van der Waals surface area contributed by atoms with Crippen LogP contribution in [0.5, 0.6) is 0 Å². The van der Waals surface area contributed by atoms with E-state index < -0.39 is 12.0 Å². The molecule has 0 saturated heterocycles. The lowest BCUT2D eigenvalue weighted by molar-refractivity contribution is -0.126. The standard InChI is InChI=1S/C20H33NO2/c1-2-3-4-5-6-7-8-9-10-11-12-13-14-15-16-17-18-19(22)20(21)23/h6-7,9-10,12-13,15-16,19,22H,2-5,8,11,14,17-18H2,1H3,(H2,21,23). The third-order valence-corrected chi connectivity index (χ3v) is 3.39. The molecular formula is C20H33NO2. The van der Waals surface area contributed by atoms with Gasteiger partial charge in [0.05, 0.1) is 0 Å². The lowest BCUT2D eigenvalue weighted by Gasteiger charge is -2.01. The molecule has 0 aliphatic carbocycles. The first-order valence-electron chi connectivity index (χ1n) is 8.75. The molecular weight excluding hydrogens is 286 g/mol. The molecule has 3 N–H and O–H groups in total. The van der Waals surface area contributed by atoms with Crippen LogP contribution in [0, 0.1) is 0 Å². The summed E-state index contributed by atoms with van der Waals surface area (Å²) < 4.78 is 0. The van der Waals surface area contributed by atoms with Crippen molar-refractivity contribution in [2.45, 2.75) is 70.8 Å². The van der Waals surface area contributed by atoms with E-state index in [-0.39, 0.29) is 0 Å². The highest BCUT2D eigenvalue weighted by Crippen LogP contribution is 2.01. The van der Waals surface area contributed by atoms with Gasteiger partial charge in [0.1, 0.15) is 6.10 Å². The summed E-state index contributed by atoms with van der Waals surface area (Å²) in [6.07, 6.45) is 25.1. The van der Waals surface area contributed by atoms with Gasteiger partial charge in [-0.05, 0) is 44.9 Å². The maximum Gasteiger partial charge on any atom is 0.246 e. The Kier molecular flexibility index (Phi) is 15.6. The summed E-state index contributed by atoms with van der Waals surface area (Å²) in [5.41, 5.74) is 4.97. The molecule has 0 fully saturated rings. The lowest BCUT2D eigenvalue weighted by Crippen LogP contribution is -2.27. The first-order chi connectivity index (χ1) is 11.2. The van der Waals surface area contributed by atoms with Crippen LogP contribution in [-0.4, -0.2) is 17.1 Å². The zero-order chi connectivity index (χ0) is 17.2. The Bertz CT molecular complexity index is 394. The number of allylic oxidation sites excluding steroid dienone is 8. The molecule has 0 bridgehead atoms. The largest absolute Gasteiger partial charge is 0.383 e. The Morgan fingerprint density at radius 1 is 0.870 bits per heavy atom. The monoisotopic (exact) mass is 319 g/mol. The fourth-order valence-electron chi connectivity index (χ4n) is 1.96. The second kappa shape index (κ2) is 16.8. The van der Waals surface area contributed by atoms with Crippen molar-refractivity contribution in [3.05, 3.63) is 48.6 Å². The van der Waals surface area contributed by atoms with E-state index >= 15 is 0 Å². The predicted molar refractivity (Wildman–Crippen MR) is 99.0 cm³/mol. The number of amides is 1. The van der Waals surface area contributed by atoms with Gasteiger partial charge < -0.3 is 10.8 Å². The number of nitrogens with two attached hydrogens (primary N) is 1. The van der Waals surface area contributed by atoms with Gasteiger partial charge in [-0.2, -0.15) is 0 Å². The molecule has 1 amide bonds. The molecule has 0 aromatic heterocycles. The van der Waals surface area contributed by atoms with E-state index in [1.165, 1.54) is 25.7 Å². The zero-order valence-corrected chi connectivity index (χ0v) is 14.5. The van der Waals surface area contributed by atoms with Crippen LogP contribution >= 0.6 is 0 Å². The molecule has 0 aliphatic heterocycles.